The summed E-state index contributed by atoms with van der Waals surface area (Å²) >= 11 is 0. The Balaban J connectivity index is 0.00000372. The molecule has 236 valence electrons. The number of anilines is 3. The second kappa shape index (κ2) is 12.1. The van der Waals surface area contributed by atoms with Gasteiger partial charge in [-0.1, -0.05) is 56.0 Å². The zero-order chi connectivity index (χ0) is 31.5. The Labute approximate surface area is 285 Å². The molecule has 0 amide bonds. The second-order valence-electron chi connectivity index (χ2n) is 12.9. The van der Waals surface area contributed by atoms with Crippen molar-refractivity contribution in [3.05, 3.63) is 126 Å². The van der Waals surface area contributed by atoms with Crippen molar-refractivity contribution in [2.45, 2.75) is 47.0 Å². The van der Waals surface area contributed by atoms with Crippen LogP contribution >= 0.6 is 0 Å². The third kappa shape index (κ3) is 5.71. The van der Waals surface area contributed by atoms with Crippen molar-refractivity contribution in [2.24, 2.45) is 0 Å². The standard InChI is InChI=1S/C39H36N5O.Pt/c1-25-19-26(2)37(27(3)20-25)38-32-16-15-31(23-35(32)44(41-38)36-21-28(17-18-40-36)39(4,5)6)45-30-12-10-11-29(22-30)43-24-42(7)33-13-8-9-14-34(33)43;/h8-21,24H,1-7H3;/q-3;. The van der Waals surface area contributed by atoms with Crippen LogP contribution in [0.15, 0.2) is 85.1 Å². The van der Waals surface area contributed by atoms with Crippen LogP contribution in [0.2, 0.25) is 0 Å². The number of fused-ring (bicyclic) bond motifs is 2. The van der Waals surface area contributed by atoms with Crippen LogP contribution in [0.5, 0.6) is 11.5 Å². The molecule has 0 atom stereocenters. The van der Waals surface area contributed by atoms with Gasteiger partial charge in [-0.05, 0) is 85.3 Å². The minimum Gasteiger partial charge on any atom is -0.509 e. The number of rotatable bonds is 5. The summed E-state index contributed by atoms with van der Waals surface area (Å²) in [6.07, 6.45) is 1.86. The topological polar surface area (TPSA) is 46.4 Å². The molecule has 1 aliphatic heterocycles. The van der Waals surface area contributed by atoms with Crippen LogP contribution in [0, 0.1) is 39.6 Å². The maximum Gasteiger partial charge on any atom is 0.151 e. The molecule has 7 heteroatoms. The zero-order valence-electron chi connectivity index (χ0n) is 27.1. The Hall–Kier alpha value is -4.41. The van der Waals surface area contributed by atoms with Gasteiger partial charge in [0.15, 0.2) is 5.82 Å². The first kappa shape index (κ1) is 31.6. The van der Waals surface area contributed by atoms with Gasteiger partial charge in [-0.25, -0.2) is 9.67 Å². The van der Waals surface area contributed by atoms with Gasteiger partial charge in [-0.2, -0.15) is 23.9 Å². The SMILES string of the molecule is Cc1cc(C)c(-c2nn(-c3cc(C(C)(C)C)ccn3)c3[c-]c(Oc4[c-]c(N5[CH-]N(C)c6ccccc65)ccc4)ccc23)c(C)c1.[Pt]. The fraction of sp³-hybridized carbons (Fsp3) is 0.205. The van der Waals surface area contributed by atoms with Gasteiger partial charge in [0.25, 0.3) is 0 Å². The van der Waals surface area contributed by atoms with Crippen LogP contribution in [0.4, 0.5) is 17.1 Å². The third-order valence-electron chi connectivity index (χ3n) is 8.35. The molecule has 0 bridgehead atoms. The summed E-state index contributed by atoms with van der Waals surface area (Å²) in [5.74, 6) is 1.93. The Kier molecular flexibility index (Phi) is 8.28. The molecule has 3 heterocycles. The van der Waals surface area contributed by atoms with Crippen molar-refractivity contribution in [2.75, 3.05) is 16.8 Å². The van der Waals surface area contributed by atoms with Gasteiger partial charge < -0.3 is 14.5 Å². The molecule has 6 nitrogen and oxygen atoms in total. The van der Waals surface area contributed by atoms with E-state index in [2.05, 4.69) is 113 Å². The van der Waals surface area contributed by atoms with Crippen LogP contribution in [0.3, 0.4) is 0 Å². The molecule has 1 aliphatic rings. The number of benzene rings is 4. The predicted octanol–water partition coefficient (Wildman–Crippen LogP) is 9.41. The molecule has 7 rings (SSSR count). The predicted molar refractivity (Wildman–Crippen MR) is 183 cm³/mol. The van der Waals surface area contributed by atoms with Crippen molar-refractivity contribution in [1.29, 1.82) is 0 Å². The van der Waals surface area contributed by atoms with Crippen LogP contribution in [0.1, 0.15) is 43.0 Å². The molecular weight excluding hydrogens is 750 g/mol. The van der Waals surface area contributed by atoms with E-state index in [1.165, 1.54) is 22.3 Å². The number of hydrogen-bond donors (Lipinski definition) is 0. The van der Waals surface area contributed by atoms with Gasteiger partial charge >= 0.3 is 0 Å². The van der Waals surface area contributed by atoms with Crippen LogP contribution in [-0.4, -0.2) is 21.8 Å². The largest absolute Gasteiger partial charge is 0.509 e. The molecule has 0 N–H and O–H groups in total. The molecule has 0 unspecified atom stereocenters. The van der Waals surface area contributed by atoms with E-state index in [0.29, 0.717) is 11.5 Å². The number of hydrogen-bond acceptors (Lipinski definition) is 5. The van der Waals surface area contributed by atoms with Crippen molar-refractivity contribution in [3.8, 4) is 28.6 Å². The summed E-state index contributed by atoms with van der Waals surface area (Å²) in [4.78, 5) is 8.98. The first-order valence-electron chi connectivity index (χ1n) is 15.2. The smallest absolute Gasteiger partial charge is 0.151 e. The van der Waals surface area contributed by atoms with Crippen molar-refractivity contribution >= 4 is 28.0 Å². The van der Waals surface area contributed by atoms with E-state index >= 15 is 0 Å². The van der Waals surface area contributed by atoms with E-state index in [4.69, 9.17) is 14.8 Å². The Morgan fingerprint density at radius 2 is 1.52 bits per heavy atom. The van der Waals surface area contributed by atoms with Gasteiger partial charge in [0, 0.05) is 55.8 Å². The number of nitrogens with zero attached hydrogens (tertiary/aromatic N) is 5. The fourth-order valence-electron chi connectivity index (χ4n) is 6.20. The van der Waals surface area contributed by atoms with E-state index in [1.807, 2.05) is 54.3 Å². The van der Waals surface area contributed by atoms with Gasteiger partial charge in [-0.15, -0.1) is 36.0 Å². The van der Waals surface area contributed by atoms with Gasteiger partial charge in [0.05, 0.1) is 0 Å². The van der Waals surface area contributed by atoms with E-state index in [1.54, 1.807) is 0 Å². The van der Waals surface area contributed by atoms with E-state index in [-0.39, 0.29) is 26.5 Å². The molecule has 0 fully saturated rings. The number of aryl methyl sites for hydroxylation is 3. The number of aromatic nitrogens is 3. The summed E-state index contributed by atoms with van der Waals surface area (Å²) in [6, 6.07) is 33.9. The summed E-state index contributed by atoms with van der Waals surface area (Å²) in [5.41, 5.74) is 10.7. The number of ether oxygens (including phenoxy) is 1. The minimum atomic E-state index is -0.0332. The molecule has 6 aromatic rings. The summed E-state index contributed by atoms with van der Waals surface area (Å²) in [7, 11) is 2.05. The normalized spacial score (nSPS) is 12.8. The van der Waals surface area contributed by atoms with E-state index in [9.17, 15) is 0 Å². The molecule has 0 radical (unpaired) electrons. The Bertz CT molecular complexity index is 2050. The van der Waals surface area contributed by atoms with Gasteiger partial charge in [0.2, 0.25) is 0 Å². The number of para-hydroxylation sites is 2. The zero-order valence-corrected chi connectivity index (χ0v) is 29.4. The molecular formula is C39H36N5OPt-3. The maximum absolute atomic E-state index is 6.42. The minimum absolute atomic E-state index is 0. The van der Waals surface area contributed by atoms with E-state index in [0.717, 1.165) is 45.0 Å². The first-order valence-corrected chi connectivity index (χ1v) is 15.2. The summed E-state index contributed by atoms with van der Waals surface area (Å²) < 4.78 is 8.32. The quantitative estimate of drug-likeness (QED) is 0.163. The molecule has 0 aliphatic carbocycles. The molecule has 4 aromatic carbocycles. The molecule has 0 saturated heterocycles. The maximum atomic E-state index is 6.42. The third-order valence-corrected chi connectivity index (χ3v) is 8.35. The Morgan fingerprint density at radius 1 is 0.804 bits per heavy atom. The second-order valence-corrected chi connectivity index (χ2v) is 12.9. The monoisotopic (exact) mass is 785 g/mol. The summed E-state index contributed by atoms with van der Waals surface area (Å²) in [5, 5.41) is 6.18. The van der Waals surface area contributed by atoms with Crippen LogP contribution in [-0.2, 0) is 26.5 Å². The Morgan fingerprint density at radius 3 is 2.26 bits per heavy atom. The van der Waals surface area contributed by atoms with Crippen LogP contribution in [0.25, 0.3) is 28.0 Å². The van der Waals surface area contributed by atoms with Gasteiger partial charge in [0.1, 0.15) is 0 Å². The first-order chi connectivity index (χ1) is 21.6. The molecule has 46 heavy (non-hydrogen) atoms. The number of pyridine rings is 1. The average Bonchev–Trinajstić information content (AvgIpc) is 3.54. The summed E-state index contributed by atoms with van der Waals surface area (Å²) in [6.45, 7) is 15.1. The molecule has 2 aromatic heterocycles. The van der Waals surface area contributed by atoms with Crippen molar-refractivity contribution in [3.63, 3.8) is 0 Å². The van der Waals surface area contributed by atoms with Gasteiger partial charge in [-0.3, -0.25) is 0 Å². The van der Waals surface area contributed by atoms with Crippen molar-refractivity contribution in [1.82, 2.24) is 14.8 Å². The van der Waals surface area contributed by atoms with Crippen molar-refractivity contribution < 1.29 is 25.8 Å². The molecule has 0 saturated carbocycles. The fourth-order valence-corrected chi connectivity index (χ4v) is 6.20. The van der Waals surface area contributed by atoms with E-state index < -0.39 is 0 Å². The van der Waals surface area contributed by atoms with Crippen LogP contribution < -0.4 is 14.5 Å². The molecule has 0 spiro atoms. The average molecular weight is 786 g/mol.